The summed E-state index contributed by atoms with van der Waals surface area (Å²) in [4.78, 5) is 23.1. The molecule has 0 radical (unpaired) electrons. The van der Waals surface area contributed by atoms with Crippen LogP contribution in [0.1, 0.15) is 45.1 Å². The van der Waals surface area contributed by atoms with E-state index in [9.17, 15) is 9.59 Å². The molecule has 130 valence electrons. The molecule has 2 rings (SSSR count). The third-order valence-corrected chi connectivity index (χ3v) is 4.23. The molecule has 0 aromatic heterocycles. The van der Waals surface area contributed by atoms with Gasteiger partial charge >= 0.3 is 5.97 Å². The highest BCUT2D eigenvalue weighted by molar-refractivity contribution is 5.92. The van der Waals surface area contributed by atoms with Gasteiger partial charge in [-0.1, -0.05) is 13.0 Å². The van der Waals surface area contributed by atoms with Gasteiger partial charge in [0, 0.05) is 19.0 Å². The smallest absolute Gasteiger partial charge is 0.308 e. The first kappa shape index (κ1) is 18.0. The van der Waals surface area contributed by atoms with Crippen molar-refractivity contribution in [2.75, 3.05) is 7.11 Å². The van der Waals surface area contributed by atoms with Gasteiger partial charge in [0.2, 0.25) is 5.91 Å². The van der Waals surface area contributed by atoms with Gasteiger partial charge in [-0.3, -0.25) is 9.59 Å². The topological polar surface area (TPSA) is 64.6 Å². The lowest BCUT2D eigenvalue weighted by molar-refractivity contribution is -0.132. The molecule has 0 heterocycles. The molecule has 1 amide bonds. The summed E-state index contributed by atoms with van der Waals surface area (Å²) in [5.74, 6) is 1.09. The van der Waals surface area contributed by atoms with Crippen LogP contribution in [0.4, 0.5) is 0 Å². The lowest BCUT2D eigenvalue weighted by Crippen LogP contribution is -2.36. The molecule has 1 aromatic rings. The van der Waals surface area contributed by atoms with Gasteiger partial charge in [0.05, 0.1) is 7.11 Å². The largest absolute Gasteiger partial charge is 0.493 e. The zero-order valence-corrected chi connectivity index (χ0v) is 14.5. The van der Waals surface area contributed by atoms with Crippen molar-refractivity contribution in [3.05, 3.63) is 29.8 Å². The first-order chi connectivity index (χ1) is 11.5. The highest BCUT2D eigenvalue weighted by atomic mass is 16.6. The number of hydrogen-bond acceptors (Lipinski definition) is 4. The molecule has 0 unspecified atom stereocenters. The van der Waals surface area contributed by atoms with Gasteiger partial charge < -0.3 is 14.8 Å². The van der Waals surface area contributed by atoms with Crippen molar-refractivity contribution in [3.63, 3.8) is 0 Å². The predicted octanol–water partition coefficient (Wildman–Crippen LogP) is 3.33. The molecule has 1 saturated carbocycles. The number of esters is 1. The van der Waals surface area contributed by atoms with Gasteiger partial charge in [-0.05, 0) is 55.4 Å². The van der Waals surface area contributed by atoms with Crippen LogP contribution in [0.2, 0.25) is 0 Å². The molecule has 0 atom stereocenters. The number of carbonyl (C=O) groups excluding carboxylic acids is 2. The Morgan fingerprint density at radius 2 is 1.88 bits per heavy atom. The van der Waals surface area contributed by atoms with E-state index in [-0.39, 0.29) is 11.9 Å². The third-order valence-electron chi connectivity index (χ3n) is 4.23. The van der Waals surface area contributed by atoms with E-state index in [0.717, 1.165) is 24.3 Å². The van der Waals surface area contributed by atoms with Gasteiger partial charge in [-0.25, -0.2) is 0 Å². The summed E-state index contributed by atoms with van der Waals surface area (Å²) >= 11 is 0. The van der Waals surface area contributed by atoms with Crippen molar-refractivity contribution < 1.29 is 19.1 Å². The quantitative estimate of drug-likeness (QED) is 0.511. The summed E-state index contributed by atoms with van der Waals surface area (Å²) in [6.45, 7) is 3.59. The van der Waals surface area contributed by atoms with Crippen LogP contribution in [0.25, 0.3) is 6.08 Å². The Bertz CT molecular complexity index is 616. The zero-order chi connectivity index (χ0) is 17.5. The molecule has 0 bridgehead atoms. The lowest BCUT2D eigenvalue weighted by Gasteiger charge is -2.26. The summed E-state index contributed by atoms with van der Waals surface area (Å²) in [5.41, 5.74) is 0.801. The van der Waals surface area contributed by atoms with Crippen LogP contribution < -0.4 is 14.8 Å². The second kappa shape index (κ2) is 8.52. The highest BCUT2D eigenvalue weighted by Gasteiger charge is 2.18. The second-order valence-corrected chi connectivity index (χ2v) is 6.30. The normalized spacial score (nSPS) is 20.6. The minimum Gasteiger partial charge on any atom is -0.493 e. The Hall–Kier alpha value is -2.30. The van der Waals surface area contributed by atoms with Crippen molar-refractivity contribution >= 4 is 18.0 Å². The average molecular weight is 331 g/mol. The Morgan fingerprint density at radius 1 is 1.17 bits per heavy atom. The molecule has 0 saturated heterocycles. The molecule has 24 heavy (non-hydrogen) atoms. The van der Waals surface area contributed by atoms with E-state index < -0.39 is 5.97 Å². The first-order valence-corrected chi connectivity index (χ1v) is 8.33. The number of rotatable bonds is 5. The number of hydrogen-bond donors (Lipinski definition) is 1. The van der Waals surface area contributed by atoms with Crippen LogP contribution in [-0.2, 0) is 9.59 Å². The molecule has 0 aliphatic heterocycles. The van der Waals surface area contributed by atoms with E-state index >= 15 is 0 Å². The molecule has 1 N–H and O–H groups in total. The number of methoxy groups -OCH3 is 1. The fourth-order valence-corrected chi connectivity index (χ4v) is 2.85. The van der Waals surface area contributed by atoms with Crippen LogP contribution in [0.15, 0.2) is 24.3 Å². The van der Waals surface area contributed by atoms with E-state index in [0.29, 0.717) is 11.5 Å². The van der Waals surface area contributed by atoms with E-state index in [1.165, 1.54) is 33.0 Å². The average Bonchev–Trinajstić information content (AvgIpc) is 2.55. The van der Waals surface area contributed by atoms with Crippen LogP contribution in [-0.4, -0.2) is 25.0 Å². The summed E-state index contributed by atoms with van der Waals surface area (Å²) in [5, 5.41) is 3.05. The molecule has 1 aromatic carbocycles. The lowest BCUT2D eigenvalue weighted by atomic mass is 9.87. The highest BCUT2D eigenvalue weighted by Crippen LogP contribution is 2.28. The second-order valence-electron chi connectivity index (χ2n) is 6.30. The molecule has 5 heteroatoms. The maximum Gasteiger partial charge on any atom is 0.308 e. The summed E-state index contributed by atoms with van der Waals surface area (Å²) in [6.07, 6.45) is 7.68. The minimum absolute atomic E-state index is 0.0856. The first-order valence-electron chi connectivity index (χ1n) is 8.33. The Labute approximate surface area is 143 Å². The van der Waals surface area contributed by atoms with E-state index in [4.69, 9.17) is 9.47 Å². The van der Waals surface area contributed by atoms with Crippen LogP contribution in [0, 0.1) is 5.92 Å². The summed E-state index contributed by atoms with van der Waals surface area (Å²) in [6, 6.07) is 5.43. The molecule has 1 aliphatic carbocycles. The molecule has 5 nitrogen and oxygen atoms in total. The predicted molar refractivity (Wildman–Crippen MR) is 92.9 cm³/mol. The van der Waals surface area contributed by atoms with Gasteiger partial charge in [0.1, 0.15) is 0 Å². The molecular formula is C19H25NO4. The minimum atomic E-state index is -0.405. The number of benzene rings is 1. The van der Waals surface area contributed by atoms with Gasteiger partial charge in [-0.15, -0.1) is 0 Å². The summed E-state index contributed by atoms with van der Waals surface area (Å²) < 4.78 is 10.3. The van der Waals surface area contributed by atoms with Gasteiger partial charge in [0.15, 0.2) is 11.5 Å². The summed E-state index contributed by atoms with van der Waals surface area (Å²) in [7, 11) is 1.51. The molecular weight excluding hydrogens is 306 g/mol. The maximum atomic E-state index is 12.0. The molecule has 0 spiro atoms. The van der Waals surface area contributed by atoms with Crippen LogP contribution in [0.5, 0.6) is 11.5 Å². The van der Waals surface area contributed by atoms with Gasteiger partial charge in [-0.2, -0.15) is 0 Å². The van der Waals surface area contributed by atoms with E-state index in [1.807, 2.05) is 0 Å². The molecule has 1 fully saturated rings. The Balaban J connectivity index is 1.95. The fraction of sp³-hybridized carbons (Fsp3) is 0.474. The van der Waals surface area contributed by atoms with Crippen molar-refractivity contribution in [2.24, 2.45) is 5.92 Å². The van der Waals surface area contributed by atoms with Crippen molar-refractivity contribution in [1.29, 1.82) is 0 Å². The van der Waals surface area contributed by atoms with Crippen LogP contribution in [0.3, 0.4) is 0 Å². The number of ether oxygens (including phenoxy) is 2. The van der Waals surface area contributed by atoms with Crippen molar-refractivity contribution in [3.8, 4) is 11.5 Å². The zero-order valence-electron chi connectivity index (χ0n) is 14.5. The van der Waals surface area contributed by atoms with Crippen LogP contribution >= 0.6 is 0 Å². The number of nitrogens with one attached hydrogen (secondary N) is 1. The molecule has 1 aliphatic rings. The van der Waals surface area contributed by atoms with E-state index in [1.54, 1.807) is 24.3 Å². The van der Waals surface area contributed by atoms with Gasteiger partial charge in [0.25, 0.3) is 0 Å². The Morgan fingerprint density at radius 3 is 2.50 bits per heavy atom. The third kappa shape index (κ3) is 5.41. The number of carbonyl (C=O) groups is 2. The standard InChI is InChI=1S/C19H25NO4/c1-13-4-8-16(9-5-13)20-19(22)11-7-15-6-10-17(24-14(2)21)18(12-15)23-3/h6-7,10-13,16H,4-5,8-9H2,1-3H3,(H,20,22). The SMILES string of the molecule is COc1cc(C=CC(=O)NC2CCC(C)CC2)ccc1OC(C)=O. The number of amides is 1. The maximum absolute atomic E-state index is 12.0. The van der Waals surface area contributed by atoms with Crippen molar-refractivity contribution in [2.45, 2.75) is 45.6 Å². The fourth-order valence-electron chi connectivity index (χ4n) is 2.85. The monoisotopic (exact) mass is 331 g/mol. The Kier molecular flexibility index (Phi) is 6.41. The van der Waals surface area contributed by atoms with E-state index in [2.05, 4.69) is 12.2 Å². The van der Waals surface area contributed by atoms with Crippen molar-refractivity contribution in [1.82, 2.24) is 5.32 Å².